The van der Waals surface area contributed by atoms with Gasteiger partial charge in [0.1, 0.15) is 0 Å². The molecule has 4 saturated carbocycles. The van der Waals surface area contributed by atoms with Crippen LogP contribution in [0.3, 0.4) is 0 Å². The lowest BCUT2D eigenvalue weighted by atomic mass is 9.38. The summed E-state index contributed by atoms with van der Waals surface area (Å²) in [6, 6.07) is 0. The summed E-state index contributed by atoms with van der Waals surface area (Å²) in [5, 5.41) is 11.1. The zero-order valence-electron chi connectivity index (χ0n) is 14.7. The zero-order valence-corrected chi connectivity index (χ0v) is 14.7. The van der Waals surface area contributed by atoms with Crippen LogP contribution in [0.5, 0.6) is 0 Å². The molecule has 3 heterocycles. The van der Waals surface area contributed by atoms with Crippen molar-refractivity contribution in [1.82, 2.24) is 0 Å². The van der Waals surface area contributed by atoms with Crippen LogP contribution < -0.4 is 0 Å². The van der Waals surface area contributed by atoms with Gasteiger partial charge in [0.15, 0.2) is 5.79 Å². The Morgan fingerprint density at radius 3 is 2.39 bits per heavy atom. The summed E-state index contributed by atoms with van der Waals surface area (Å²) >= 11 is 0. The smallest absolute Gasteiger partial charge is 0.170 e. The summed E-state index contributed by atoms with van der Waals surface area (Å²) in [5.74, 6) is 0.477. The van der Waals surface area contributed by atoms with Gasteiger partial charge in [-0.25, -0.2) is 0 Å². The molecule has 0 unspecified atom stereocenters. The summed E-state index contributed by atoms with van der Waals surface area (Å²) < 4.78 is 12.4. The van der Waals surface area contributed by atoms with Gasteiger partial charge in [-0.05, 0) is 55.8 Å². The molecule has 0 aromatic rings. The molecule has 23 heavy (non-hydrogen) atoms. The topological polar surface area (TPSA) is 42.0 Å². The number of fused-ring (bicyclic) bond motifs is 5. The van der Waals surface area contributed by atoms with Crippen molar-refractivity contribution in [2.24, 2.45) is 33.5 Å². The van der Waals surface area contributed by atoms with E-state index in [0.29, 0.717) is 34.4 Å². The van der Waals surface area contributed by atoms with E-state index in [4.69, 9.17) is 9.47 Å². The fraction of sp³-hybridized carbons (Fsp3) is 1.00. The molecular weight excluding hydrogens is 288 g/mol. The molecule has 4 bridgehead atoms. The van der Waals surface area contributed by atoms with Gasteiger partial charge in [-0.1, -0.05) is 20.8 Å². The van der Waals surface area contributed by atoms with Gasteiger partial charge in [-0.3, -0.25) is 0 Å². The Hall–Kier alpha value is -0.120. The quantitative estimate of drug-likeness (QED) is 0.695. The number of aliphatic hydroxyl groups is 1. The van der Waals surface area contributed by atoms with E-state index in [-0.39, 0.29) is 5.41 Å². The van der Waals surface area contributed by atoms with Crippen LogP contribution in [0.25, 0.3) is 0 Å². The highest BCUT2D eigenvalue weighted by atomic mass is 16.6. The molecule has 0 radical (unpaired) electrons. The average Bonchev–Trinajstić information content (AvgIpc) is 3.27. The number of ether oxygens (including phenoxy) is 2. The van der Waals surface area contributed by atoms with E-state index in [1.807, 2.05) is 0 Å². The standard InChI is InChI=1S/C20H30O3/c1-16(2)12-5-7-18-10-17(3,14-15(18)23-14)6-4-13(18)19(12)8-9-20(16,21)22-11-19/h12-15,21H,4-11H2,1-3H3/t12-,13-,14-,15+,17+,18+,19+,20-/m0/s1. The van der Waals surface area contributed by atoms with Crippen LogP contribution in [0.15, 0.2) is 0 Å². The lowest BCUT2D eigenvalue weighted by molar-refractivity contribution is -0.395. The van der Waals surface area contributed by atoms with E-state index in [1.165, 1.54) is 32.1 Å². The van der Waals surface area contributed by atoms with Crippen LogP contribution in [0.4, 0.5) is 0 Å². The number of rotatable bonds is 0. The van der Waals surface area contributed by atoms with Crippen LogP contribution in [0.1, 0.15) is 65.7 Å². The Kier molecular flexibility index (Phi) is 2.17. The molecule has 128 valence electrons. The van der Waals surface area contributed by atoms with Gasteiger partial charge in [0.25, 0.3) is 0 Å². The predicted octanol–water partition coefficient (Wildman–Crippen LogP) is 3.50. The molecule has 0 aromatic heterocycles. The van der Waals surface area contributed by atoms with E-state index in [1.54, 1.807) is 0 Å². The summed E-state index contributed by atoms with van der Waals surface area (Å²) in [5.41, 5.74) is 1.06. The van der Waals surface area contributed by atoms with Gasteiger partial charge in [0, 0.05) is 22.7 Å². The molecule has 3 heteroatoms. The van der Waals surface area contributed by atoms with Gasteiger partial charge in [0.05, 0.1) is 18.8 Å². The van der Waals surface area contributed by atoms with Crippen molar-refractivity contribution in [3.05, 3.63) is 0 Å². The molecule has 7 rings (SSSR count). The summed E-state index contributed by atoms with van der Waals surface area (Å²) in [6.45, 7) is 7.80. The lowest BCUT2D eigenvalue weighted by Crippen LogP contribution is -2.72. The Morgan fingerprint density at radius 1 is 0.870 bits per heavy atom. The number of hydrogen-bond donors (Lipinski definition) is 1. The molecule has 7 fully saturated rings. The number of epoxide rings is 1. The molecule has 3 nitrogen and oxygen atoms in total. The maximum Gasteiger partial charge on any atom is 0.170 e. The van der Waals surface area contributed by atoms with E-state index in [0.717, 1.165) is 25.4 Å². The van der Waals surface area contributed by atoms with Crippen LogP contribution in [0, 0.1) is 33.5 Å². The Morgan fingerprint density at radius 2 is 1.65 bits per heavy atom. The molecular formula is C20H30O3. The first-order chi connectivity index (χ1) is 10.8. The van der Waals surface area contributed by atoms with Gasteiger partial charge >= 0.3 is 0 Å². The predicted molar refractivity (Wildman–Crippen MR) is 85.6 cm³/mol. The molecule has 3 aliphatic heterocycles. The monoisotopic (exact) mass is 318 g/mol. The van der Waals surface area contributed by atoms with E-state index in [9.17, 15) is 5.11 Å². The fourth-order valence-corrected chi connectivity index (χ4v) is 8.76. The Bertz CT molecular complexity index is 590. The minimum Gasteiger partial charge on any atom is -0.368 e. The SMILES string of the molecule is CC1(C)[C@@H]2CC[C@@]34C[C@@](C)(CC[C@@H]3[C@@]23CC[C@]1(O)OC3)[C@H]1O[C@H]14. The van der Waals surface area contributed by atoms with Gasteiger partial charge in [-0.15, -0.1) is 0 Å². The van der Waals surface area contributed by atoms with Crippen LogP contribution in [-0.2, 0) is 9.47 Å². The van der Waals surface area contributed by atoms with Crippen LogP contribution in [-0.4, -0.2) is 29.7 Å². The summed E-state index contributed by atoms with van der Waals surface area (Å²) in [6.07, 6.45) is 9.76. The van der Waals surface area contributed by atoms with Crippen molar-refractivity contribution in [3.63, 3.8) is 0 Å². The molecule has 0 aromatic carbocycles. The van der Waals surface area contributed by atoms with Gasteiger partial charge in [0.2, 0.25) is 0 Å². The van der Waals surface area contributed by atoms with E-state index < -0.39 is 5.79 Å². The normalized spacial score (nSPS) is 67.3. The molecule has 8 atom stereocenters. The maximum absolute atomic E-state index is 11.1. The third-order valence-electron chi connectivity index (χ3n) is 9.85. The minimum atomic E-state index is -0.888. The second-order valence-corrected chi connectivity index (χ2v) is 10.8. The van der Waals surface area contributed by atoms with Crippen molar-refractivity contribution in [1.29, 1.82) is 0 Å². The van der Waals surface area contributed by atoms with Crippen molar-refractivity contribution < 1.29 is 14.6 Å². The maximum atomic E-state index is 11.1. The lowest BCUT2D eigenvalue weighted by Gasteiger charge is -2.71. The third kappa shape index (κ3) is 1.26. The number of hydrogen-bond acceptors (Lipinski definition) is 3. The molecule has 1 N–H and O–H groups in total. The highest BCUT2D eigenvalue weighted by Gasteiger charge is 2.80. The molecule has 0 amide bonds. The van der Waals surface area contributed by atoms with Crippen LogP contribution >= 0.6 is 0 Å². The first-order valence-corrected chi connectivity index (χ1v) is 9.79. The third-order valence-corrected chi connectivity index (χ3v) is 9.85. The Balaban J connectivity index is 1.49. The Labute approximate surface area is 139 Å². The van der Waals surface area contributed by atoms with Crippen molar-refractivity contribution in [3.8, 4) is 0 Å². The molecule has 7 aliphatic rings. The van der Waals surface area contributed by atoms with Gasteiger partial charge in [-0.2, -0.15) is 0 Å². The molecule has 2 spiro atoms. The summed E-state index contributed by atoms with van der Waals surface area (Å²) in [7, 11) is 0. The fourth-order valence-electron chi connectivity index (χ4n) is 8.76. The highest BCUT2D eigenvalue weighted by molar-refractivity contribution is 5.27. The highest BCUT2D eigenvalue weighted by Crippen LogP contribution is 2.79. The van der Waals surface area contributed by atoms with Crippen LogP contribution in [0.2, 0.25) is 0 Å². The molecule has 4 aliphatic carbocycles. The second-order valence-electron chi connectivity index (χ2n) is 10.8. The van der Waals surface area contributed by atoms with E-state index >= 15 is 0 Å². The minimum absolute atomic E-state index is 0.117. The zero-order chi connectivity index (χ0) is 15.9. The largest absolute Gasteiger partial charge is 0.368 e. The second kappa shape index (κ2) is 3.54. The van der Waals surface area contributed by atoms with E-state index in [2.05, 4.69) is 20.8 Å². The molecule has 3 saturated heterocycles. The van der Waals surface area contributed by atoms with Crippen molar-refractivity contribution in [2.45, 2.75) is 83.7 Å². The first kappa shape index (κ1) is 14.1. The summed E-state index contributed by atoms with van der Waals surface area (Å²) in [4.78, 5) is 0. The average molecular weight is 318 g/mol. The van der Waals surface area contributed by atoms with Crippen molar-refractivity contribution >= 4 is 0 Å². The van der Waals surface area contributed by atoms with Crippen molar-refractivity contribution in [2.75, 3.05) is 6.61 Å². The van der Waals surface area contributed by atoms with Gasteiger partial charge < -0.3 is 14.6 Å². The first-order valence-electron chi connectivity index (χ1n) is 9.79.